The topological polar surface area (TPSA) is 130 Å². The van der Waals surface area contributed by atoms with Gasteiger partial charge in [0.15, 0.2) is 0 Å². The Morgan fingerprint density at radius 1 is 1.29 bits per heavy atom. The Bertz CT molecular complexity index is 1200. The molecule has 0 unspecified atom stereocenters. The van der Waals surface area contributed by atoms with Crippen molar-refractivity contribution in [3.8, 4) is 28.7 Å². The van der Waals surface area contributed by atoms with Crippen molar-refractivity contribution in [1.29, 1.82) is 5.26 Å². The number of H-pyrrole nitrogens is 1. The van der Waals surface area contributed by atoms with Crippen LogP contribution in [0.1, 0.15) is 37.9 Å². The Morgan fingerprint density at radius 2 is 2.16 bits per heavy atom. The first-order valence-electron chi connectivity index (χ1n) is 10.1. The van der Waals surface area contributed by atoms with E-state index in [9.17, 15) is 10.4 Å². The van der Waals surface area contributed by atoms with Gasteiger partial charge in [-0.05, 0) is 25.0 Å². The molecule has 31 heavy (non-hydrogen) atoms. The van der Waals surface area contributed by atoms with Crippen LogP contribution in [0, 0.1) is 11.3 Å². The third-order valence-corrected chi connectivity index (χ3v) is 5.35. The molecule has 0 bridgehead atoms. The molecule has 10 heteroatoms. The molecule has 160 valence electrons. The number of methoxy groups -OCH3 is 1. The molecule has 10 nitrogen and oxygen atoms in total. The second kappa shape index (κ2) is 9.07. The number of nitrogens with zero attached hydrogens (tertiary/aromatic N) is 7. The van der Waals surface area contributed by atoms with E-state index in [1.165, 1.54) is 0 Å². The SMILES string of the molecule is CC[C@H](C[C@@H](CC#N)n1cc(-c2nc(-c3cc(CO)[nH]n3)cn3nccc23)cn1)OC. The number of fused-ring (bicyclic) bond motifs is 1. The lowest BCUT2D eigenvalue weighted by Crippen LogP contribution is -2.18. The summed E-state index contributed by atoms with van der Waals surface area (Å²) in [6.45, 7) is 1.94. The number of aliphatic hydroxyl groups excluding tert-OH is 1. The number of aromatic amines is 1. The zero-order chi connectivity index (χ0) is 21.8. The molecule has 0 saturated heterocycles. The minimum absolute atomic E-state index is 0.0642. The van der Waals surface area contributed by atoms with Gasteiger partial charge in [0.25, 0.3) is 0 Å². The monoisotopic (exact) mass is 420 g/mol. The molecule has 0 aromatic carbocycles. The summed E-state index contributed by atoms with van der Waals surface area (Å²) in [6, 6.07) is 5.80. The van der Waals surface area contributed by atoms with Crippen LogP contribution < -0.4 is 0 Å². The first-order valence-corrected chi connectivity index (χ1v) is 10.1. The molecule has 0 aliphatic carbocycles. The van der Waals surface area contributed by atoms with E-state index in [1.807, 2.05) is 16.9 Å². The van der Waals surface area contributed by atoms with Gasteiger partial charge in [-0.25, -0.2) is 9.50 Å². The maximum absolute atomic E-state index is 9.31. The highest BCUT2D eigenvalue weighted by Gasteiger charge is 2.20. The van der Waals surface area contributed by atoms with Gasteiger partial charge in [-0.1, -0.05) is 6.92 Å². The van der Waals surface area contributed by atoms with Crippen molar-refractivity contribution in [2.75, 3.05) is 7.11 Å². The molecule has 4 aromatic heterocycles. The largest absolute Gasteiger partial charge is 0.390 e. The van der Waals surface area contributed by atoms with Crippen LogP contribution in [0.15, 0.2) is 36.9 Å². The van der Waals surface area contributed by atoms with E-state index in [2.05, 4.69) is 33.4 Å². The Hall–Kier alpha value is -3.55. The van der Waals surface area contributed by atoms with Crippen LogP contribution in [0.3, 0.4) is 0 Å². The van der Waals surface area contributed by atoms with Crippen LogP contribution in [0.4, 0.5) is 0 Å². The van der Waals surface area contributed by atoms with Gasteiger partial charge in [0, 0.05) is 18.9 Å². The summed E-state index contributed by atoms with van der Waals surface area (Å²) in [4.78, 5) is 4.81. The molecule has 0 spiro atoms. The average molecular weight is 420 g/mol. The quantitative estimate of drug-likeness (QED) is 0.426. The molecule has 4 heterocycles. The molecule has 0 saturated carbocycles. The smallest absolute Gasteiger partial charge is 0.112 e. The lowest BCUT2D eigenvalue weighted by atomic mass is 10.0. The molecule has 2 N–H and O–H groups in total. The van der Waals surface area contributed by atoms with Gasteiger partial charge in [0.2, 0.25) is 0 Å². The molecular formula is C21H24N8O2. The van der Waals surface area contributed by atoms with Gasteiger partial charge in [0.1, 0.15) is 11.4 Å². The van der Waals surface area contributed by atoms with E-state index in [1.54, 1.807) is 36.3 Å². The van der Waals surface area contributed by atoms with E-state index in [0.29, 0.717) is 35.6 Å². The third kappa shape index (κ3) is 4.19. The lowest BCUT2D eigenvalue weighted by Gasteiger charge is -2.20. The molecule has 0 aliphatic heterocycles. The van der Waals surface area contributed by atoms with Gasteiger partial charge in [-0.15, -0.1) is 0 Å². The van der Waals surface area contributed by atoms with Gasteiger partial charge < -0.3 is 9.84 Å². The fraction of sp³-hybridized carbons (Fsp3) is 0.381. The number of aromatic nitrogens is 7. The highest BCUT2D eigenvalue weighted by Crippen LogP contribution is 2.28. The summed E-state index contributed by atoms with van der Waals surface area (Å²) >= 11 is 0. The van der Waals surface area contributed by atoms with Crippen molar-refractivity contribution < 1.29 is 9.84 Å². The summed E-state index contributed by atoms with van der Waals surface area (Å²) < 4.78 is 9.07. The maximum Gasteiger partial charge on any atom is 0.112 e. The predicted octanol–water partition coefficient (Wildman–Crippen LogP) is 2.75. The van der Waals surface area contributed by atoms with Crippen molar-refractivity contribution in [2.24, 2.45) is 0 Å². The third-order valence-electron chi connectivity index (χ3n) is 5.35. The van der Waals surface area contributed by atoms with Crippen molar-refractivity contribution in [3.05, 3.63) is 42.6 Å². The van der Waals surface area contributed by atoms with Crippen LogP contribution in [-0.4, -0.2) is 52.9 Å². The summed E-state index contributed by atoms with van der Waals surface area (Å²) in [6.07, 6.45) is 9.14. The van der Waals surface area contributed by atoms with Crippen LogP contribution in [0.5, 0.6) is 0 Å². The van der Waals surface area contributed by atoms with Gasteiger partial charge >= 0.3 is 0 Å². The van der Waals surface area contributed by atoms with E-state index >= 15 is 0 Å². The van der Waals surface area contributed by atoms with Gasteiger partial charge in [0.05, 0.1) is 66.7 Å². The first kappa shape index (κ1) is 20.7. The Morgan fingerprint density at radius 3 is 2.87 bits per heavy atom. The normalized spacial score (nSPS) is 13.4. The fourth-order valence-corrected chi connectivity index (χ4v) is 3.62. The van der Waals surface area contributed by atoms with Crippen LogP contribution in [0.2, 0.25) is 0 Å². The van der Waals surface area contributed by atoms with Crippen molar-refractivity contribution in [3.63, 3.8) is 0 Å². The second-order valence-corrected chi connectivity index (χ2v) is 7.30. The Balaban J connectivity index is 1.73. The van der Waals surface area contributed by atoms with E-state index < -0.39 is 0 Å². The minimum atomic E-state index is -0.128. The zero-order valence-electron chi connectivity index (χ0n) is 17.4. The second-order valence-electron chi connectivity index (χ2n) is 7.30. The summed E-state index contributed by atoms with van der Waals surface area (Å²) in [5, 5.41) is 34.5. The maximum atomic E-state index is 9.31. The Labute approximate surface area is 179 Å². The number of rotatable bonds is 9. The molecule has 2 atom stereocenters. The van der Waals surface area contributed by atoms with Crippen molar-refractivity contribution >= 4 is 5.52 Å². The average Bonchev–Trinajstić information content (AvgIpc) is 3.55. The highest BCUT2D eigenvalue weighted by atomic mass is 16.5. The van der Waals surface area contributed by atoms with Crippen LogP contribution in [-0.2, 0) is 11.3 Å². The zero-order valence-corrected chi connectivity index (χ0v) is 17.4. The molecule has 0 radical (unpaired) electrons. The number of hydrogen-bond donors (Lipinski definition) is 2. The molecule has 0 aliphatic rings. The first-order chi connectivity index (χ1) is 15.2. The molecule has 0 fully saturated rings. The van der Waals surface area contributed by atoms with E-state index in [4.69, 9.17) is 9.72 Å². The Kier molecular flexibility index (Phi) is 6.06. The number of hydrogen-bond acceptors (Lipinski definition) is 7. The van der Waals surface area contributed by atoms with E-state index in [0.717, 1.165) is 17.5 Å². The standard InChI is InChI=1S/C21H24N8O2/c1-3-17(31-2)9-16(4-6-22)28-11-14(10-24-28)21-20-5-7-23-29(20)12-19(25-21)18-8-15(13-30)26-27-18/h5,7-8,10-12,16-17,30H,3-4,9,13H2,1-2H3,(H,26,27)/t16-,17-/m1/s1. The number of aliphatic hydroxyl groups is 1. The number of ether oxygens (including phenoxy) is 1. The molecule has 0 amide bonds. The van der Waals surface area contributed by atoms with Crippen molar-refractivity contribution in [2.45, 2.75) is 44.9 Å². The molecular weight excluding hydrogens is 396 g/mol. The van der Waals surface area contributed by atoms with Crippen LogP contribution >= 0.6 is 0 Å². The fourth-order valence-electron chi connectivity index (χ4n) is 3.62. The lowest BCUT2D eigenvalue weighted by molar-refractivity contribution is 0.0773. The van der Waals surface area contributed by atoms with Gasteiger partial charge in [-0.2, -0.15) is 20.6 Å². The summed E-state index contributed by atoms with van der Waals surface area (Å²) in [5.74, 6) is 0. The summed E-state index contributed by atoms with van der Waals surface area (Å²) in [5.41, 5.74) is 4.20. The van der Waals surface area contributed by atoms with E-state index in [-0.39, 0.29) is 18.8 Å². The molecule has 4 rings (SSSR count). The minimum Gasteiger partial charge on any atom is -0.390 e. The highest BCUT2D eigenvalue weighted by molar-refractivity contribution is 5.77. The number of nitrogens with one attached hydrogen (secondary N) is 1. The van der Waals surface area contributed by atoms with Crippen LogP contribution in [0.25, 0.3) is 28.2 Å². The predicted molar refractivity (Wildman–Crippen MR) is 113 cm³/mol. The van der Waals surface area contributed by atoms with Crippen molar-refractivity contribution in [1.82, 2.24) is 34.6 Å². The summed E-state index contributed by atoms with van der Waals surface area (Å²) in [7, 11) is 1.69. The number of nitriles is 1. The molecule has 4 aromatic rings. The van der Waals surface area contributed by atoms with Gasteiger partial charge in [-0.3, -0.25) is 9.78 Å².